The SMILES string of the molecule is c1ccc(-c2ccc3c4c5ccccc5ccc4n(-c4ccc(-c5nc(-c6ccccc6)nc(-c6ccccc6)n5)c5ccccc45)c3c2)cc1. The maximum Gasteiger partial charge on any atom is 0.164 e. The largest absolute Gasteiger partial charge is 0.309 e. The second-order valence-electron chi connectivity index (χ2n) is 12.8. The molecule has 0 saturated heterocycles. The molecule has 4 nitrogen and oxygen atoms in total. The van der Waals surface area contributed by atoms with E-state index in [1.165, 1.54) is 43.7 Å². The van der Waals surface area contributed by atoms with Crippen molar-refractivity contribution in [3.05, 3.63) is 182 Å². The first-order valence-corrected chi connectivity index (χ1v) is 17.2. The second-order valence-corrected chi connectivity index (χ2v) is 12.8. The Morgan fingerprint density at radius 1 is 0.333 bits per heavy atom. The average molecular weight is 651 g/mol. The van der Waals surface area contributed by atoms with E-state index in [1.54, 1.807) is 0 Å². The molecule has 0 aliphatic carbocycles. The summed E-state index contributed by atoms with van der Waals surface area (Å²) in [7, 11) is 0. The van der Waals surface area contributed by atoms with Crippen LogP contribution in [0.2, 0.25) is 0 Å². The van der Waals surface area contributed by atoms with Gasteiger partial charge in [-0.3, -0.25) is 0 Å². The molecule has 0 bridgehead atoms. The van der Waals surface area contributed by atoms with Crippen molar-refractivity contribution in [2.24, 2.45) is 0 Å². The molecule has 0 fully saturated rings. The summed E-state index contributed by atoms with van der Waals surface area (Å²) in [6.45, 7) is 0. The van der Waals surface area contributed by atoms with Gasteiger partial charge in [0.1, 0.15) is 0 Å². The quantitative estimate of drug-likeness (QED) is 0.186. The molecule has 2 heterocycles. The summed E-state index contributed by atoms with van der Waals surface area (Å²) in [5, 5.41) is 7.17. The highest BCUT2D eigenvalue weighted by atomic mass is 15.0. The van der Waals surface area contributed by atoms with Crippen molar-refractivity contribution in [1.82, 2.24) is 19.5 Å². The van der Waals surface area contributed by atoms with Gasteiger partial charge in [0.2, 0.25) is 0 Å². The zero-order valence-corrected chi connectivity index (χ0v) is 27.6. The molecule has 8 aromatic carbocycles. The molecule has 10 aromatic rings. The van der Waals surface area contributed by atoms with Gasteiger partial charge >= 0.3 is 0 Å². The van der Waals surface area contributed by atoms with Crippen LogP contribution in [0.4, 0.5) is 0 Å². The van der Waals surface area contributed by atoms with E-state index in [9.17, 15) is 0 Å². The first kappa shape index (κ1) is 29.0. The molecule has 0 amide bonds. The van der Waals surface area contributed by atoms with E-state index in [2.05, 4.69) is 126 Å². The van der Waals surface area contributed by atoms with Gasteiger partial charge in [0.25, 0.3) is 0 Å². The van der Waals surface area contributed by atoms with E-state index in [4.69, 9.17) is 15.0 Å². The molecule has 2 aromatic heterocycles. The molecule has 0 aliphatic rings. The predicted molar refractivity (Wildman–Crippen MR) is 211 cm³/mol. The summed E-state index contributed by atoms with van der Waals surface area (Å²) in [6, 6.07) is 64.0. The van der Waals surface area contributed by atoms with Crippen molar-refractivity contribution in [3.63, 3.8) is 0 Å². The minimum Gasteiger partial charge on any atom is -0.309 e. The lowest BCUT2D eigenvalue weighted by Crippen LogP contribution is -2.01. The molecular formula is C47H30N4. The number of nitrogens with zero attached hydrogens (tertiary/aromatic N) is 4. The Hall–Kier alpha value is -6.91. The lowest BCUT2D eigenvalue weighted by Gasteiger charge is -2.15. The van der Waals surface area contributed by atoms with Gasteiger partial charge in [-0.15, -0.1) is 0 Å². The van der Waals surface area contributed by atoms with E-state index in [-0.39, 0.29) is 0 Å². The van der Waals surface area contributed by atoms with Gasteiger partial charge in [-0.1, -0.05) is 158 Å². The number of benzene rings is 8. The van der Waals surface area contributed by atoms with Crippen molar-refractivity contribution in [2.45, 2.75) is 0 Å². The Balaban J connectivity index is 1.25. The standard InChI is InChI=1S/C47H30N4/c1-4-14-31(15-5-1)35-24-26-40-43(30-35)51(42-28-25-32-16-10-11-21-36(32)44(40)42)41-29-27-39(37-22-12-13-23-38(37)41)47-49-45(33-17-6-2-7-18-33)48-46(50-47)34-19-8-3-9-20-34/h1-30H. The van der Waals surface area contributed by atoms with Gasteiger partial charge in [-0.2, -0.15) is 0 Å². The first-order chi connectivity index (χ1) is 25.3. The number of fused-ring (bicyclic) bond motifs is 6. The third-order valence-corrected chi connectivity index (χ3v) is 9.85. The monoisotopic (exact) mass is 650 g/mol. The number of rotatable bonds is 5. The average Bonchev–Trinajstić information content (AvgIpc) is 3.55. The maximum atomic E-state index is 5.09. The van der Waals surface area contributed by atoms with Crippen molar-refractivity contribution in [3.8, 4) is 51.0 Å². The number of hydrogen-bond acceptors (Lipinski definition) is 3. The van der Waals surface area contributed by atoms with E-state index in [0.29, 0.717) is 17.5 Å². The molecule has 4 heteroatoms. The zero-order valence-electron chi connectivity index (χ0n) is 27.6. The summed E-state index contributed by atoms with van der Waals surface area (Å²) in [6.07, 6.45) is 0. The summed E-state index contributed by atoms with van der Waals surface area (Å²) in [4.78, 5) is 15.1. The number of aromatic nitrogens is 4. The number of hydrogen-bond donors (Lipinski definition) is 0. The van der Waals surface area contributed by atoms with E-state index in [0.717, 1.165) is 33.2 Å². The molecule has 0 radical (unpaired) electrons. The van der Waals surface area contributed by atoms with E-state index in [1.807, 2.05) is 60.7 Å². The van der Waals surface area contributed by atoms with Crippen LogP contribution in [-0.2, 0) is 0 Å². The van der Waals surface area contributed by atoms with Crippen molar-refractivity contribution in [2.75, 3.05) is 0 Å². The van der Waals surface area contributed by atoms with Gasteiger partial charge in [0.15, 0.2) is 17.5 Å². The molecule has 0 saturated carbocycles. The van der Waals surface area contributed by atoms with E-state index < -0.39 is 0 Å². The van der Waals surface area contributed by atoms with Crippen LogP contribution in [0.1, 0.15) is 0 Å². The van der Waals surface area contributed by atoms with Crippen LogP contribution in [0.5, 0.6) is 0 Å². The smallest absolute Gasteiger partial charge is 0.164 e. The van der Waals surface area contributed by atoms with Crippen LogP contribution in [0, 0.1) is 0 Å². The van der Waals surface area contributed by atoms with Crippen LogP contribution in [-0.4, -0.2) is 19.5 Å². The van der Waals surface area contributed by atoms with Crippen LogP contribution in [0.3, 0.4) is 0 Å². The van der Waals surface area contributed by atoms with Crippen LogP contribution in [0.25, 0.3) is 94.3 Å². The van der Waals surface area contributed by atoms with Crippen LogP contribution >= 0.6 is 0 Å². The lowest BCUT2D eigenvalue weighted by atomic mass is 10.0. The minimum absolute atomic E-state index is 0.644. The highest BCUT2D eigenvalue weighted by molar-refractivity contribution is 6.22. The Kier molecular flexibility index (Phi) is 6.78. The fourth-order valence-corrected chi connectivity index (χ4v) is 7.46. The topological polar surface area (TPSA) is 43.6 Å². The Morgan fingerprint density at radius 3 is 1.59 bits per heavy atom. The van der Waals surface area contributed by atoms with Crippen molar-refractivity contribution < 1.29 is 0 Å². The van der Waals surface area contributed by atoms with Gasteiger partial charge in [-0.25, -0.2) is 15.0 Å². The molecule has 0 spiro atoms. The molecule has 0 unspecified atom stereocenters. The Bertz CT molecular complexity index is 2840. The van der Waals surface area contributed by atoms with Gasteiger partial charge in [0.05, 0.1) is 16.7 Å². The summed E-state index contributed by atoms with van der Waals surface area (Å²) < 4.78 is 2.44. The summed E-state index contributed by atoms with van der Waals surface area (Å²) >= 11 is 0. The van der Waals surface area contributed by atoms with E-state index >= 15 is 0 Å². The first-order valence-electron chi connectivity index (χ1n) is 17.2. The minimum atomic E-state index is 0.644. The molecule has 0 aliphatic heterocycles. The molecule has 51 heavy (non-hydrogen) atoms. The zero-order chi connectivity index (χ0) is 33.7. The lowest BCUT2D eigenvalue weighted by molar-refractivity contribution is 1.08. The van der Waals surface area contributed by atoms with Gasteiger partial charge < -0.3 is 4.57 Å². The fourth-order valence-electron chi connectivity index (χ4n) is 7.46. The highest BCUT2D eigenvalue weighted by Crippen LogP contribution is 2.41. The second kappa shape index (κ2) is 11.9. The van der Waals surface area contributed by atoms with Crippen LogP contribution in [0.15, 0.2) is 182 Å². The molecule has 10 rings (SSSR count). The van der Waals surface area contributed by atoms with Gasteiger partial charge in [0, 0.05) is 32.8 Å². The fraction of sp³-hybridized carbons (Fsp3) is 0. The van der Waals surface area contributed by atoms with Crippen molar-refractivity contribution in [1.29, 1.82) is 0 Å². The summed E-state index contributed by atoms with van der Waals surface area (Å²) in [5.74, 6) is 1.94. The Labute approximate surface area is 295 Å². The predicted octanol–water partition coefficient (Wildman–Crippen LogP) is 11.9. The summed E-state index contributed by atoms with van der Waals surface area (Å²) in [5.41, 5.74) is 8.68. The molecule has 0 atom stereocenters. The normalized spacial score (nSPS) is 11.5. The van der Waals surface area contributed by atoms with Gasteiger partial charge in [-0.05, 0) is 51.6 Å². The Morgan fingerprint density at radius 2 is 0.902 bits per heavy atom. The van der Waals surface area contributed by atoms with Crippen molar-refractivity contribution >= 4 is 43.4 Å². The third-order valence-electron chi connectivity index (χ3n) is 9.85. The maximum absolute atomic E-state index is 5.09. The third kappa shape index (κ3) is 4.88. The molecule has 0 N–H and O–H groups in total. The van der Waals surface area contributed by atoms with Crippen LogP contribution < -0.4 is 0 Å². The highest BCUT2D eigenvalue weighted by Gasteiger charge is 2.20. The molecule has 238 valence electrons. The molecular weight excluding hydrogens is 621 g/mol.